The highest BCUT2D eigenvalue weighted by molar-refractivity contribution is 9.08. The second kappa shape index (κ2) is 7.88. The summed E-state index contributed by atoms with van der Waals surface area (Å²) in [5, 5.41) is 0.404. The SMILES string of the molecule is CCOCCN(CC)c1ccc(CBr)cc1C(F)(F)F. The molecule has 1 aromatic rings. The summed E-state index contributed by atoms with van der Waals surface area (Å²) >= 11 is 3.19. The monoisotopic (exact) mass is 353 g/mol. The summed E-state index contributed by atoms with van der Waals surface area (Å²) in [4.78, 5) is 1.69. The third-order valence-corrected chi connectivity index (χ3v) is 3.60. The second-order valence-electron chi connectivity index (χ2n) is 4.26. The van der Waals surface area contributed by atoms with Crippen LogP contribution in [0.5, 0.6) is 0 Å². The topological polar surface area (TPSA) is 12.5 Å². The molecule has 0 N–H and O–H groups in total. The van der Waals surface area contributed by atoms with E-state index >= 15 is 0 Å². The molecule has 114 valence electrons. The zero-order chi connectivity index (χ0) is 15.2. The number of hydrogen-bond donors (Lipinski definition) is 0. The maximum absolute atomic E-state index is 13.2. The molecule has 0 fully saturated rings. The second-order valence-corrected chi connectivity index (χ2v) is 4.82. The smallest absolute Gasteiger partial charge is 0.380 e. The van der Waals surface area contributed by atoms with Gasteiger partial charge in [-0.15, -0.1) is 0 Å². The van der Waals surface area contributed by atoms with E-state index in [9.17, 15) is 13.2 Å². The first-order valence-corrected chi connectivity index (χ1v) is 7.64. The van der Waals surface area contributed by atoms with Crippen molar-refractivity contribution in [1.29, 1.82) is 0 Å². The van der Waals surface area contributed by atoms with Crippen LogP contribution >= 0.6 is 15.9 Å². The molecule has 6 heteroatoms. The fourth-order valence-electron chi connectivity index (χ4n) is 1.94. The molecule has 0 radical (unpaired) electrons. The Morgan fingerprint density at radius 3 is 2.45 bits per heavy atom. The number of rotatable bonds is 7. The standard InChI is InChI=1S/C14H19BrF3NO/c1-3-19(7-8-20-4-2)13-6-5-11(10-15)9-12(13)14(16,17)18/h5-6,9H,3-4,7-8,10H2,1-2H3. The van der Waals surface area contributed by atoms with Gasteiger partial charge in [0.15, 0.2) is 0 Å². The minimum absolute atomic E-state index is 0.212. The summed E-state index contributed by atoms with van der Waals surface area (Å²) in [5.74, 6) is 0. The predicted octanol–water partition coefficient (Wildman–Crippen LogP) is 4.46. The number of hydrogen-bond acceptors (Lipinski definition) is 2. The van der Waals surface area contributed by atoms with Crippen LogP contribution < -0.4 is 4.90 Å². The fraction of sp³-hybridized carbons (Fsp3) is 0.571. The van der Waals surface area contributed by atoms with Gasteiger partial charge in [0.05, 0.1) is 12.2 Å². The van der Waals surface area contributed by atoms with Crippen LogP contribution in [0.25, 0.3) is 0 Å². The molecule has 0 spiro atoms. The summed E-state index contributed by atoms with van der Waals surface area (Å²) in [6, 6.07) is 4.45. The van der Waals surface area contributed by atoms with E-state index in [-0.39, 0.29) is 5.69 Å². The molecule has 0 aromatic heterocycles. The molecule has 0 aliphatic rings. The highest BCUT2D eigenvalue weighted by atomic mass is 79.9. The highest BCUT2D eigenvalue weighted by Gasteiger charge is 2.34. The minimum atomic E-state index is -4.35. The fourth-order valence-corrected chi connectivity index (χ4v) is 2.29. The van der Waals surface area contributed by atoms with Gasteiger partial charge < -0.3 is 9.64 Å². The lowest BCUT2D eigenvalue weighted by Gasteiger charge is -2.26. The Kier molecular flexibility index (Phi) is 6.82. The zero-order valence-electron chi connectivity index (χ0n) is 11.6. The Morgan fingerprint density at radius 2 is 1.95 bits per heavy atom. The maximum atomic E-state index is 13.2. The first kappa shape index (κ1) is 17.3. The Hall–Kier alpha value is -0.750. The van der Waals surface area contributed by atoms with Crippen molar-refractivity contribution >= 4 is 21.6 Å². The van der Waals surface area contributed by atoms with Gasteiger partial charge in [-0.3, -0.25) is 0 Å². The molecule has 0 saturated carbocycles. The van der Waals surface area contributed by atoms with Crippen LogP contribution in [-0.4, -0.2) is 26.3 Å². The Balaban J connectivity index is 3.07. The van der Waals surface area contributed by atoms with Crippen molar-refractivity contribution in [2.45, 2.75) is 25.4 Å². The summed E-state index contributed by atoms with van der Waals surface area (Å²) in [6.07, 6.45) is -4.35. The number of halogens is 4. The van der Waals surface area contributed by atoms with Crippen LogP contribution in [0.3, 0.4) is 0 Å². The molecule has 0 heterocycles. The van der Waals surface area contributed by atoms with Crippen LogP contribution in [0.4, 0.5) is 18.9 Å². The molecule has 0 aliphatic carbocycles. The first-order valence-electron chi connectivity index (χ1n) is 6.52. The molecule has 0 aliphatic heterocycles. The van der Waals surface area contributed by atoms with Crippen LogP contribution in [0.2, 0.25) is 0 Å². The Labute approximate surface area is 126 Å². The third kappa shape index (κ3) is 4.66. The average molecular weight is 354 g/mol. The van der Waals surface area contributed by atoms with Crippen molar-refractivity contribution in [2.24, 2.45) is 0 Å². The van der Waals surface area contributed by atoms with Crippen molar-refractivity contribution in [3.8, 4) is 0 Å². The molecular formula is C14H19BrF3NO. The molecule has 0 saturated heterocycles. The maximum Gasteiger partial charge on any atom is 0.418 e. The van der Waals surface area contributed by atoms with Crippen LogP contribution in [-0.2, 0) is 16.2 Å². The summed E-state index contributed by atoms with van der Waals surface area (Å²) in [5.41, 5.74) is 0.235. The first-order chi connectivity index (χ1) is 9.43. The van der Waals surface area contributed by atoms with E-state index in [2.05, 4.69) is 15.9 Å². The van der Waals surface area contributed by atoms with Crippen LogP contribution in [0.15, 0.2) is 18.2 Å². The molecular weight excluding hydrogens is 335 g/mol. The van der Waals surface area contributed by atoms with Crippen molar-refractivity contribution in [3.63, 3.8) is 0 Å². The van der Waals surface area contributed by atoms with Crippen LogP contribution in [0.1, 0.15) is 25.0 Å². The van der Waals surface area contributed by atoms with Gasteiger partial charge in [-0.25, -0.2) is 0 Å². The van der Waals surface area contributed by atoms with Gasteiger partial charge in [-0.2, -0.15) is 13.2 Å². The van der Waals surface area contributed by atoms with Gasteiger partial charge in [-0.05, 0) is 31.5 Å². The molecule has 2 nitrogen and oxygen atoms in total. The van der Waals surface area contributed by atoms with Crippen LogP contribution in [0, 0.1) is 0 Å². The van der Waals surface area contributed by atoms with E-state index in [4.69, 9.17) is 4.74 Å². The van der Waals surface area contributed by atoms with E-state index in [1.165, 1.54) is 12.1 Å². The van der Waals surface area contributed by atoms with Crippen molar-refractivity contribution in [2.75, 3.05) is 31.2 Å². The number of ether oxygens (including phenoxy) is 1. The summed E-state index contributed by atoms with van der Waals surface area (Å²) < 4.78 is 44.8. The quantitative estimate of drug-likeness (QED) is 0.529. The molecule has 0 bridgehead atoms. The van der Waals surface area contributed by atoms with Crippen molar-refractivity contribution in [1.82, 2.24) is 0 Å². The van der Waals surface area contributed by atoms with Gasteiger partial charge in [-0.1, -0.05) is 22.0 Å². The van der Waals surface area contributed by atoms with E-state index in [1.807, 2.05) is 13.8 Å². The number of likely N-dealkylation sites (N-methyl/N-ethyl adjacent to an activating group) is 1. The largest absolute Gasteiger partial charge is 0.418 e. The molecule has 0 unspecified atom stereocenters. The van der Waals surface area contributed by atoms with Gasteiger partial charge in [0.1, 0.15) is 0 Å². The van der Waals surface area contributed by atoms with Gasteiger partial charge in [0.2, 0.25) is 0 Å². The average Bonchev–Trinajstić information content (AvgIpc) is 2.42. The van der Waals surface area contributed by atoms with Gasteiger partial charge in [0.25, 0.3) is 0 Å². The zero-order valence-corrected chi connectivity index (χ0v) is 13.2. The lowest BCUT2D eigenvalue weighted by molar-refractivity contribution is -0.137. The Bertz CT molecular complexity index is 423. The van der Waals surface area contributed by atoms with E-state index in [0.29, 0.717) is 37.2 Å². The summed E-state index contributed by atoms with van der Waals surface area (Å²) in [6.45, 7) is 5.63. The normalized spacial score (nSPS) is 11.7. The van der Waals surface area contributed by atoms with E-state index in [0.717, 1.165) is 0 Å². The van der Waals surface area contributed by atoms with Crippen molar-refractivity contribution < 1.29 is 17.9 Å². The molecule has 0 atom stereocenters. The van der Waals surface area contributed by atoms with Gasteiger partial charge in [0, 0.05) is 30.7 Å². The molecule has 0 amide bonds. The highest BCUT2D eigenvalue weighted by Crippen LogP contribution is 2.37. The van der Waals surface area contributed by atoms with E-state index in [1.54, 1.807) is 11.0 Å². The lowest BCUT2D eigenvalue weighted by atomic mass is 10.1. The third-order valence-electron chi connectivity index (χ3n) is 2.95. The Morgan fingerprint density at radius 1 is 1.25 bits per heavy atom. The van der Waals surface area contributed by atoms with Crippen molar-refractivity contribution in [3.05, 3.63) is 29.3 Å². The summed E-state index contributed by atoms with van der Waals surface area (Å²) in [7, 11) is 0. The molecule has 1 rings (SSSR count). The van der Waals surface area contributed by atoms with E-state index < -0.39 is 11.7 Å². The van der Waals surface area contributed by atoms with Gasteiger partial charge >= 0.3 is 6.18 Å². The predicted molar refractivity (Wildman–Crippen MR) is 78.5 cm³/mol. The number of benzene rings is 1. The number of alkyl halides is 4. The minimum Gasteiger partial charge on any atom is -0.380 e. The number of nitrogens with zero attached hydrogens (tertiary/aromatic N) is 1. The lowest BCUT2D eigenvalue weighted by Crippen LogP contribution is -2.29. The molecule has 1 aromatic carbocycles. The number of anilines is 1. The molecule has 20 heavy (non-hydrogen) atoms.